The van der Waals surface area contributed by atoms with E-state index in [0.29, 0.717) is 6.54 Å². The van der Waals surface area contributed by atoms with Gasteiger partial charge < -0.3 is 10.0 Å². The van der Waals surface area contributed by atoms with Gasteiger partial charge in [-0.05, 0) is 50.5 Å². The molecule has 0 bridgehead atoms. The van der Waals surface area contributed by atoms with E-state index in [2.05, 4.69) is 23.6 Å². The number of rotatable bonds is 5. The molecule has 1 fully saturated rings. The molecule has 1 aromatic heterocycles. The van der Waals surface area contributed by atoms with E-state index in [-0.39, 0.29) is 14.5 Å². The number of thiophene rings is 1. The van der Waals surface area contributed by atoms with Gasteiger partial charge in [0.15, 0.2) is 0 Å². The number of carboxylic acids is 1. The van der Waals surface area contributed by atoms with Gasteiger partial charge in [0.05, 0.1) is 0 Å². The Labute approximate surface area is 128 Å². The van der Waals surface area contributed by atoms with Crippen LogP contribution in [-0.4, -0.2) is 51.1 Å². The van der Waals surface area contributed by atoms with Crippen molar-refractivity contribution in [2.45, 2.75) is 24.0 Å². The van der Waals surface area contributed by atoms with E-state index in [1.807, 2.05) is 0 Å². The zero-order chi connectivity index (χ0) is 15.7. The average Bonchev–Trinajstić information content (AvgIpc) is 2.91. The second-order valence-electron chi connectivity index (χ2n) is 5.86. The molecule has 0 spiro atoms. The van der Waals surface area contributed by atoms with Crippen molar-refractivity contribution in [2.75, 3.05) is 26.7 Å². The summed E-state index contributed by atoms with van der Waals surface area (Å²) in [5.74, 6) is -1.11. The van der Waals surface area contributed by atoms with Crippen LogP contribution in [0, 0.1) is 5.41 Å². The quantitative estimate of drug-likeness (QED) is 0.852. The van der Waals surface area contributed by atoms with E-state index < -0.39 is 16.0 Å². The lowest BCUT2D eigenvalue weighted by molar-refractivity contribution is 0.0702. The number of likely N-dealkylation sites (tertiary alicyclic amines) is 1. The molecule has 0 unspecified atom stereocenters. The molecule has 1 aliphatic heterocycles. The molecule has 0 aromatic carbocycles. The molecule has 2 rings (SSSR count). The van der Waals surface area contributed by atoms with Crippen LogP contribution in [0.3, 0.4) is 0 Å². The first-order chi connectivity index (χ1) is 9.72. The fourth-order valence-electron chi connectivity index (χ4n) is 2.26. The third-order valence-corrected chi connectivity index (χ3v) is 6.91. The molecular formula is C13H20N2O4S2. The number of nitrogens with one attached hydrogen (secondary N) is 1. The molecule has 21 heavy (non-hydrogen) atoms. The monoisotopic (exact) mass is 332 g/mol. The van der Waals surface area contributed by atoms with Gasteiger partial charge in [0.1, 0.15) is 9.09 Å². The lowest BCUT2D eigenvalue weighted by Crippen LogP contribution is -2.43. The standard InChI is InChI=1S/C13H20N2O4S2/c1-13(5-7-15(2)8-6-13)9-14-21(18,19)11-4-3-10(20-11)12(16)17/h3-4,14H,5-9H2,1-2H3,(H,16,17). The van der Waals surface area contributed by atoms with E-state index in [0.717, 1.165) is 37.3 Å². The Morgan fingerprint density at radius 1 is 1.43 bits per heavy atom. The third kappa shape index (κ3) is 4.03. The van der Waals surface area contributed by atoms with Crippen molar-refractivity contribution in [2.24, 2.45) is 5.41 Å². The Bertz CT molecular complexity index is 616. The molecule has 0 aliphatic carbocycles. The number of hydrogen-bond acceptors (Lipinski definition) is 5. The van der Waals surface area contributed by atoms with Gasteiger partial charge in [0, 0.05) is 6.54 Å². The van der Waals surface area contributed by atoms with Crippen LogP contribution in [0.1, 0.15) is 29.4 Å². The van der Waals surface area contributed by atoms with E-state index in [1.54, 1.807) is 0 Å². The minimum atomic E-state index is -3.63. The topological polar surface area (TPSA) is 86.7 Å². The summed E-state index contributed by atoms with van der Waals surface area (Å²) in [7, 11) is -1.57. The Morgan fingerprint density at radius 2 is 2.05 bits per heavy atom. The normalized spacial score (nSPS) is 19.5. The van der Waals surface area contributed by atoms with Crippen LogP contribution in [0.2, 0.25) is 0 Å². The maximum atomic E-state index is 12.2. The second-order valence-corrected chi connectivity index (χ2v) is 8.94. The first-order valence-electron chi connectivity index (χ1n) is 6.73. The summed E-state index contributed by atoms with van der Waals surface area (Å²) >= 11 is 0.776. The van der Waals surface area contributed by atoms with E-state index >= 15 is 0 Å². The Kier molecular flexibility index (Phi) is 4.72. The maximum absolute atomic E-state index is 12.2. The largest absolute Gasteiger partial charge is 0.477 e. The van der Waals surface area contributed by atoms with Gasteiger partial charge in [0.2, 0.25) is 10.0 Å². The fourth-order valence-corrected chi connectivity index (χ4v) is 4.64. The van der Waals surface area contributed by atoms with Crippen LogP contribution in [0.15, 0.2) is 16.3 Å². The molecule has 0 radical (unpaired) electrons. The van der Waals surface area contributed by atoms with Gasteiger partial charge >= 0.3 is 5.97 Å². The number of piperidine rings is 1. The van der Waals surface area contributed by atoms with Gasteiger partial charge in [-0.3, -0.25) is 0 Å². The summed E-state index contributed by atoms with van der Waals surface area (Å²) < 4.78 is 27.1. The lowest BCUT2D eigenvalue weighted by atomic mass is 9.81. The summed E-state index contributed by atoms with van der Waals surface area (Å²) in [6, 6.07) is 2.66. The van der Waals surface area contributed by atoms with Gasteiger partial charge in [-0.25, -0.2) is 17.9 Å². The maximum Gasteiger partial charge on any atom is 0.345 e. The molecular weight excluding hydrogens is 312 g/mol. The fraction of sp³-hybridized carbons (Fsp3) is 0.615. The zero-order valence-electron chi connectivity index (χ0n) is 12.1. The molecule has 2 N–H and O–H groups in total. The SMILES string of the molecule is CN1CCC(C)(CNS(=O)(=O)c2ccc(C(=O)O)s2)CC1. The molecule has 6 nitrogen and oxygen atoms in total. The van der Waals surface area contributed by atoms with E-state index in [4.69, 9.17) is 5.11 Å². The molecule has 1 aromatic rings. The molecule has 1 aliphatic rings. The molecule has 1 saturated heterocycles. The summed E-state index contributed by atoms with van der Waals surface area (Å²) in [6.45, 7) is 4.38. The Morgan fingerprint density at radius 3 is 2.57 bits per heavy atom. The van der Waals surface area contributed by atoms with Crippen molar-refractivity contribution in [3.05, 3.63) is 17.0 Å². The zero-order valence-corrected chi connectivity index (χ0v) is 13.8. The van der Waals surface area contributed by atoms with Crippen molar-refractivity contribution in [1.82, 2.24) is 9.62 Å². The highest BCUT2D eigenvalue weighted by atomic mass is 32.2. The molecule has 2 heterocycles. The highest BCUT2D eigenvalue weighted by molar-refractivity contribution is 7.91. The molecule has 0 atom stereocenters. The predicted octanol–water partition coefficient (Wildman–Crippen LogP) is 1.46. The number of carbonyl (C=O) groups is 1. The lowest BCUT2D eigenvalue weighted by Gasteiger charge is -2.37. The summed E-state index contributed by atoms with van der Waals surface area (Å²) in [5, 5.41) is 8.85. The summed E-state index contributed by atoms with van der Waals surface area (Å²) in [6.07, 6.45) is 1.88. The molecule has 0 amide bonds. The van der Waals surface area contributed by atoms with Crippen LogP contribution < -0.4 is 4.72 Å². The van der Waals surface area contributed by atoms with Crippen molar-refractivity contribution in [3.8, 4) is 0 Å². The first kappa shape index (κ1) is 16.4. The van der Waals surface area contributed by atoms with Crippen LogP contribution in [0.25, 0.3) is 0 Å². The van der Waals surface area contributed by atoms with Gasteiger partial charge in [-0.2, -0.15) is 0 Å². The van der Waals surface area contributed by atoms with Crippen molar-refractivity contribution < 1.29 is 18.3 Å². The van der Waals surface area contributed by atoms with E-state index in [1.165, 1.54) is 12.1 Å². The number of hydrogen-bond donors (Lipinski definition) is 2. The first-order valence-corrected chi connectivity index (χ1v) is 9.03. The average molecular weight is 332 g/mol. The highest BCUT2D eigenvalue weighted by Crippen LogP contribution is 2.30. The Balaban J connectivity index is 2.02. The van der Waals surface area contributed by atoms with Crippen molar-refractivity contribution in [3.63, 3.8) is 0 Å². The van der Waals surface area contributed by atoms with Gasteiger partial charge in [-0.15, -0.1) is 11.3 Å². The smallest absolute Gasteiger partial charge is 0.345 e. The van der Waals surface area contributed by atoms with Gasteiger partial charge in [-0.1, -0.05) is 6.92 Å². The highest BCUT2D eigenvalue weighted by Gasteiger charge is 2.31. The predicted molar refractivity (Wildman–Crippen MR) is 81.3 cm³/mol. The van der Waals surface area contributed by atoms with Gasteiger partial charge in [0.25, 0.3) is 0 Å². The number of nitrogens with zero attached hydrogens (tertiary/aromatic N) is 1. The van der Waals surface area contributed by atoms with Crippen molar-refractivity contribution in [1.29, 1.82) is 0 Å². The van der Waals surface area contributed by atoms with Crippen LogP contribution in [0.4, 0.5) is 0 Å². The second kappa shape index (κ2) is 6.04. The summed E-state index contributed by atoms with van der Waals surface area (Å²) in [5.41, 5.74) is -0.0491. The van der Waals surface area contributed by atoms with Crippen LogP contribution in [0.5, 0.6) is 0 Å². The minimum absolute atomic E-state index is 0.0286. The number of sulfonamides is 1. The number of aromatic carboxylic acids is 1. The van der Waals surface area contributed by atoms with Crippen molar-refractivity contribution >= 4 is 27.3 Å². The summed E-state index contributed by atoms with van der Waals surface area (Å²) in [4.78, 5) is 13.1. The Hall–Kier alpha value is -0.960. The van der Waals surface area contributed by atoms with Crippen LogP contribution >= 0.6 is 11.3 Å². The molecule has 0 saturated carbocycles. The molecule has 8 heteroatoms. The molecule has 118 valence electrons. The van der Waals surface area contributed by atoms with E-state index in [9.17, 15) is 13.2 Å². The number of carboxylic acid groups (broad SMARTS) is 1. The minimum Gasteiger partial charge on any atom is -0.477 e. The third-order valence-electron chi connectivity index (χ3n) is 3.94. The van der Waals surface area contributed by atoms with Crippen LogP contribution in [-0.2, 0) is 10.0 Å².